The van der Waals surface area contributed by atoms with E-state index in [-0.39, 0.29) is 33.0 Å². The predicted octanol–water partition coefficient (Wildman–Crippen LogP) is 6.58. The summed E-state index contributed by atoms with van der Waals surface area (Å²) in [6, 6.07) is 0.381. The van der Waals surface area contributed by atoms with Gasteiger partial charge in [-0.15, -0.1) is 0 Å². The molecule has 0 radical (unpaired) electrons. The van der Waals surface area contributed by atoms with E-state index in [2.05, 4.69) is 0 Å². The van der Waals surface area contributed by atoms with Crippen molar-refractivity contribution >= 4 is 8.80 Å². The highest BCUT2D eigenvalue weighted by Crippen LogP contribution is 2.39. The van der Waals surface area contributed by atoms with Gasteiger partial charge in [0.1, 0.15) is 0 Å². The zero-order valence-corrected chi connectivity index (χ0v) is 21.9. The maximum Gasteiger partial charge on any atom is 0.500 e. The van der Waals surface area contributed by atoms with Crippen molar-refractivity contribution in [1.82, 2.24) is 0 Å². The van der Waals surface area contributed by atoms with Gasteiger partial charge in [-0.2, -0.15) is 0 Å². The first-order valence-electron chi connectivity index (χ1n) is 11.3. The van der Waals surface area contributed by atoms with Crippen molar-refractivity contribution in [2.24, 2.45) is 0 Å². The van der Waals surface area contributed by atoms with E-state index in [1.165, 1.54) is 28.3 Å². The van der Waals surface area contributed by atoms with Gasteiger partial charge in [-0.05, 0) is 19.8 Å². The van der Waals surface area contributed by atoms with Crippen molar-refractivity contribution in [1.29, 1.82) is 0 Å². The minimum atomic E-state index is -4.26. The highest BCUT2D eigenvalue weighted by atomic mass is 28.4. The van der Waals surface area contributed by atoms with Crippen molar-refractivity contribution in [3.8, 4) is 0 Å². The van der Waals surface area contributed by atoms with Gasteiger partial charge in [0.25, 0.3) is 17.8 Å². The number of hydrogen-bond donors (Lipinski definition) is 0. The predicted molar refractivity (Wildman–Crippen MR) is 116 cm³/mol. The normalized spacial score (nSPS) is 15.0. The minimum absolute atomic E-state index is 0.101. The molecule has 0 aliphatic carbocycles. The Morgan fingerprint density at radius 3 is 1.80 bits per heavy atom. The number of rotatable bonds is 21. The second-order valence-corrected chi connectivity index (χ2v) is 11.7. The third kappa shape index (κ3) is 16.0. The number of ether oxygens (including phenoxy) is 2. The van der Waals surface area contributed by atoms with Crippen LogP contribution in [0.15, 0.2) is 0 Å². The largest absolute Gasteiger partial charge is 0.500 e. The summed E-state index contributed by atoms with van der Waals surface area (Å²) in [5.74, 6) is -14.9. The van der Waals surface area contributed by atoms with Gasteiger partial charge in [-0.1, -0.05) is 6.92 Å². The molecular weight excluding hydrogens is 512 g/mol. The Hall–Kier alpha value is -0.543. The van der Waals surface area contributed by atoms with Crippen LogP contribution >= 0.6 is 0 Å². The summed E-state index contributed by atoms with van der Waals surface area (Å²) < 4.78 is 134. The lowest BCUT2D eigenvalue weighted by atomic mass is 10.0. The molecule has 0 amide bonds. The molecule has 0 aromatic carbocycles. The minimum Gasteiger partial charge on any atom is -0.379 e. The first-order valence-corrected chi connectivity index (χ1v) is 13.2. The van der Waals surface area contributed by atoms with Crippen molar-refractivity contribution in [3.63, 3.8) is 0 Å². The van der Waals surface area contributed by atoms with E-state index < -0.39 is 70.9 Å². The summed E-state index contributed by atoms with van der Waals surface area (Å²) in [7, 11) is 1.45. The third-order valence-electron chi connectivity index (χ3n) is 5.27. The van der Waals surface area contributed by atoms with Crippen LogP contribution in [0.25, 0.3) is 0 Å². The van der Waals surface area contributed by atoms with Crippen molar-refractivity contribution in [2.75, 3.05) is 41.2 Å². The quantitative estimate of drug-likeness (QED) is 0.0918. The zero-order chi connectivity index (χ0) is 27.4. The lowest BCUT2D eigenvalue weighted by Gasteiger charge is -2.26. The molecular formula is C21H38F8O5Si. The van der Waals surface area contributed by atoms with Crippen LogP contribution in [-0.4, -0.2) is 79.7 Å². The molecule has 35 heavy (non-hydrogen) atoms. The van der Waals surface area contributed by atoms with Gasteiger partial charge in [0.15, 0.2) is 0 Å². The van der Waals surface area contributed by atoms with Gasteiger partial charge in [-0.3, -0.25) is 0 Å². The van der Waals surface area contributed by atoms with Gasteiger partial charge in [0.05, 0.1) is 32.2 Å². The number of alkyl halides is 8. The number of halogens is 8. The molecule has 0 aliphatic heterocycles. The van der Waals surface area contributed by atoms with Crippen LogP contribution in [0, 0.1) is 0 Å². The smallest absolute Gasteiger partial charge is 0.379 e. The average Bonchev–Trinajstić information content (AvgIpc) is 2.72. The summed E-state index contributed by atoms with van der Waals surface area (Å²) >= 11 is 0. The van der Waals surface area contributed by atoms with E-state index in [1.54, 1.807) is 0 Å². The van der Waals surface area contributed by atoms with Gasteiger partial charge < -0.3 is 22.8 Å². The van der Waals surface area contributed by atoms with Gasteiger partial charge in [0.2, 0.25) is 5.92 Å². The molecule has 0 heterocycles. The maximum absolute atomic E-state index is 13.9. The molecule has 212 valence electrons. The van der Waals surface area contributed by atoms with E-state index in [9.17, 15) is 35.1 Å². The maximum atomic E-state index is 13.9. The Balaban J connectivity index is 4.75. The molecule has 14 heteroatoms. The second kappa shape index (κ2) is 15.0. The molecule has 0 aliphatic rings. The highest BCUT2D eigenvalue weighted by Gasteiger charge is 2.47. The average molecular weight is 551 g/mol. The molecule has 0 bridgehead atoms. The fourth-order valence-corrected chi connectivity index (χ4v) is 4.97. The van der Waals surface area contributed by atoms with Crippen molar-refractivity contribution < 1.29 is 57.9 Å². The van der Waals surface area contributed by atoms with E-state index >= 15 is 0 Å². The van der Waals surface area contributed by atoms with E-state index in [0.717, 1.165) is 0 Å². The molecule has 0 fully saturated rings. The Kier molecular flexibility index (Phi) is 14.8. The van der Waals surface area contributed by atoms with Crippen LogP contribution in [0.3, 0.4) is 0 Å². The van der Waals surface area contributed by atoms with Crippen LogP contribution in [0.5, 0.6) is 0 Å². The second-order valence-electron chi connectivity index (χ2n) is 8.60. The third-order valence-corrected chi connectivity index (χ3v) is 8.10. The zero-order valence-electron chi connectivity index (χ0n) is 20.9. The number of hydrogen-bond acceptors (Lipinski definition) is 5. The SMILES string of the molecule is CCC(F)(F)CCC(COCCC(F)(F)CC(F)(F)CC(C)(F)F)OCCC[Si](OC)(OC)OC. The molecule has 1 unspecified atom stereocenters. The van der Waals surface area contributed by atoms with Crippen LogP contribution in [0.4, 0.5) is 35.1 Å². The molecule has 0 spiro atoms. The lowest BCUT2D eigenvalue weighted by molar-refractivity contribution is -0.157. The molecule has 0 saturated carbocycles. The summed E-state index contributed by atoms with van der Waals surface area (Å²) in [4.78, 5) is 0. The van der Waals surface area contributed by atoms with Crippen LogP contribution in [0.2, 0.25) is 6.04 Å². The summed E-state index contributed by atoms with van der Waals surface area (Å²) in [5, 5.41) is 0. The molecule has 0 aromatic heterocycles. The van der Waals surface area contributed by atoms with Crippen LogP contribution in [0.1, 0.15) is 58.8 Å². The highest BCUT2D eigenvalue weighted by molar-refractivity contribution is 6.60. The topological polar surface area (TPSA) is 46.2 Å². The Bertz CT molecular complexity index is 566. The Labute approximate surface area is 203 Å². The van der Waals surface area contributed by atoms with Crippen LogP contribution in [-0.2, 0) is 22.8 Å². The van der Waals surface area contributed by atoms with Gasteiger partial charge >= 0.3 is 8.80 Å². The molecule has 0 saturated heterocycles. The Morgan fingerprint density at radius 2 is 1.31 bits per heavy atom. The monoisotopic (exact) mass is 550 g/mol. The molecule has 0 N–H and O–H groups in total. The Morgan fingerprint density at radius 1 is 0.743 bits per heavy atom. The fourth-order valence-electron chi connectivity index (χ4n) is 3.28. The molecule has 5 nitrogen and oxygen atoms in total. The summed E-state index contributed by atoms with van der Waals surface area (Å²) in [6.45, 7) is 0.656. The molecule has 0 rings (SSSR count). The van der Waals surface area contributed by atoms with E-state index in [4.69, 9.17) is 22.8 Å². The molecule has 1 atom stereocenters. The summed E-state index contributed by atoms with van der Waals surface area (Å²) in [5.41, 5.74) is 0. The van der Waals surface area contributed by atoms with Gasteiger partial charge in [0, 0.05) is 53.2 Å². The standard InChI is InChI=1S/C21H38F8O5Si/c1-6-19(24,25)9-8-17(34-11-7-13-35(30-3,31-4)32-5)14-33-12-10-20(26,27)16-21(28,29)15-18(2,22)23/h17H,6-16H2,1-5H3. The fraction of sp³-hybridized carbons (Fsp3) is 1.00. The van der Waals surface area contributed by atoms with E-state index in [0.29, 0.717) is 12.5 Å². The summed E-state index contributed by atoms with van der Waals surface area (Å²) in [6.07, 6.45) is -6.65. The first-order chi connectivity index (χ1) is 15.9. The first kappa shape index (κ1) is 34.5. The van der Waals surface area contributed by atoms with E-state index in [1.807, 2.05) is 0 Å². The molecule has 0 aromatic rings. The van der Waals surface area contributed by atoms with Crippen molar-refractivity contribution in [2.45, 2.75) is 94.6 Å². The van der Waals surface area contributed by atoms with Crippen LogP contribution < -0.4 is 0 Å². The van der Waals surface area contributed by atoms with Gasteiger partial charge in [-0.25, -0.2) is 35.1 Å². The van der Waals surface area contributed by atoms with Crippen molar-refractivity contribution in [3.05, 3.63) is 0 Å². The lowest BCUT2D eigenvalue weighted by Crippen LogP contribution is -2.42.